The molecule has 1 nitrogen and oxygen atoms in total. The van der Waals surface area contributed by atoms with E-state index in [1.807, 2.05) is 36.4 Å². The molecule has 100 valence electrons. The van der Waals surface area contributed by atoms with Crippen molar-refractivity contribution >= 4 is 10.8 Å². The SMILES string of the molecule is CCc1ccc([C@H](O)c2cccc3ccccc23)cc1. The monoisotopic (exact) mass is 262 g/mol. The molecule has 0 aromatic heterocycles. The van der Waals surface area contributed by atoms with Gasteiger partial charge in [-0.3, -0.25) is 0 Å². The maximum Gasteiger partial charge on any atom is 0.105 e. The van der Waals surface area contributed by atoms with Crippen LogP contribution in [0, 0.1) is 0 Å². The standard InChI is InChI=1S/C19H18O/c1-2-14-10-12-16(13-11-14)19(20)18-9-5-7-15-6-3-4-8-17(15)18/h3-13,19-20H,2H2,1H3/t19-/m0/s1. The van der Waals surface area contributed by atoms with Crippen molar-refractivity contribution in [1.29, 1.82) is 0 Å². The Morgan fingerprint density at radius 3 is 2.30 bits per heavy atom. The molecule has 0 unspecified atom stereocenters. The van der Waals surface area contributed by atoms with Crippen LogP contribution in [0.15, 0.2) is 66.7 Å². The molecule has 0 radical (unpaired) electrons. The average molecular weight is 262 g/mol. The van der Waals surface area contributed by atoms with E-state index in [1.54, 1.807) is 0 Å². The van der Waals surface area contributed by atoms with Crippen molar-refractivity contribution in [3.63, 3.8) is 0 Å². The summed E-state index contributed by atoms with van der Waals surface area (Å²) in [6.45, 7) is 2.14. The van der Waals surface area contributed by atoms with Crippen molar-refractivity contribution in [1.82, 2.24) is 0 Å². The minimum Gasteiger partial charge on any atom is -0.384 e. The van der Waals surface area contributed by atoms with E-state index in [4.69, 9.17) is 0 Å². The average Bonchev–Trinajstić information content (AvgIpc) is 2.54. The van der Waals surface area contributed by atoms with Gasteiger partial charge in [-0.15, -0.1) is 0 Å². The molecule has 3 aromatic carbocycles. The Labute approximate surface area is 119 Å². The highest BCUT2D eigenvalue weighted by Gasteiger charge is 2.12. The summed E-state index contributed by atoms with van der Waals surface area (Å²) in [5.41, 5.74) is 3.20. The molecule has 0 aliphatic carbocycles. The van der Waals surface area contributed by atoms with Gasteiger partial charge in [0.2, 0.25) is 0 Å². The number of rotatable bonds is 3. The van der Waals surface area contributed by atoms with Crippen molar-refractivity contribution in [2.75, 3.05) is 0 Å². The van der Waals surface area contributed by atoms with E-state index < -0.39 is 6.10 Å². The number of aryl methyl sites for hydroxylation is 1. The van der Waals surface area contributed by atoms with Crippen LogP contribution in [0.3, 0.4) is 0 Å². The molecule has 1 heteroatoms. The Bertz CT molecular complexity index is 708. The van der Waals surface area contributed by atoms with E-state index in [9.17, 15) is 5.11 Å². The van der Waals surface area contributed by atoms with Crippen molar-refractivity contribution in [3.05, 3.63) is 83.4 Å². The van der Waals surface area contributed by atoms with Gasteiger partial charge in [0.25, 0.3) is 0 Å². The molecule has 0 aliphatic heterocycles. The molecule has 0 amide bonds. The molecule has 0 spiro atoms. The Morgan fingerprint density at radius 2 is 1.55 bits per heavy atom. The molecular weight excluding hydrogens is 244 g/mol. The predicted octanol–water partition coefficient (Wildman–Crippen LogP) is 4.48. The van der Waals surface area contributed by atoms with E-state index in [1.165, 1.54) is 5.56 Å². The molecule has 0 saturated heterocycles. The quantitative estimate of drug-likeness (QED) is 0.737. The summed E-state index contributed by atoms with van der Waals surface area (Å²) in [7, 11) is 0. The van der Waals surface area contributed by atoms with Crippen LogP contribution in [0.1, 0.15) is 29.7 Å². The number of benzene rings is 3. The normalized spacial score (nSPS) is 12.5. The molecule has 0 bridgehead atoms. The molecule has 0 heterocycles. The van der Waals surface area contributed by atoms with Crippen LogP contribution < -0.4 is 0 Å². The zero-order valence-corrected chi connectivity index (χ0v) is 11.6. The second kappa shape index (κ2) is 5.48. The number of aliphatic hydroxyl groups is 1. The fraction of sp³-hybridized carbons (Fsp3) is 0.158. The van der Waals surface area contributed by atoms with Gasteiger partial charge < -0.3 is 5.11 Å². The van der Waals surface area contributed by atoms with Crippen LogP contribution in [-0.4, -0.2) is 5.11 Å². The Hall–Kier alpha value is -2.12. The Kier molecular flexibility index (Phi) is 3.53. The maximum atomic E-state index is 10.7. The third kappa shape index (κ3) is 2.33. The second-order valence-corrected chi connectivity index (χ2v) is 5.07. The second-order valence-electron chi connectivity index (χ2n) is 5.07. The van der Waals surface area contributed by atoms with Crippen LogP contribution in [0.25, 0.3) is 10.8 Å². The highest BCUT2D eigenvalue weighted by molar-refractivity contribution is 5.86. The smallest absolute Gasteiger partial charge is 0.105 e. The molecule has 1 N–H and O–H groups in total. The summed E-state index contributed by atoms with van der Waals surface area (Å²) in [5, 5.41) is 12.9. The summed E-state index contributed by atoms with van der Waals surface area (Å²) < 4.78 is 0. The van der Waals surface area contributed by atoms with Crippen molar-refractivity contribution in [2.45, 2.75) is 19.4 Å². The lowest BCUT2D eigenvalue weighted by atomic mass is 9.95. The molecule has 0 saturated carbocycles. The molecule has 0 aliphatic rings. The summed E-state index contributed by atoms with van der Waals surface area (Å²) in [5.74, 6) is 0. The lowest BCUT2D eigenvalue weighted by molar-refractivity contribution is 0.222. The lowest BCUT2D eigenvalue weighted by Gasteiger charge is -2.14. The number of aliphatic hydroxyl groups excluding tert-OH is 1. The summed E-state index contributed by atoms with van der Waals surface area (Å²) in [6.07, 6.45) is 0.442. The third-order valence-corrected chi connectivity index (χ3v) is 3.82. The molecule has 3 rings (SSSR count). The first kappa shape index (κ1) is 12.9. The summed E-state index contributed by atoms with van der Waals surface area (Å²) >= 11 is 0. The van der Waals surface area contributed by atoms with Crippen molar-refractivity contribution in [3.8, 4) is 0 Å². The van der Waals surface area contributed by atoms with Gasteiger partial charge in [0.05, 0.1) is 0 Å². The predicted molar refractivity (Wildman–Crippen MR) is 83.8 cm³/mol. The van der Waals surface area contributed by atoms with Gasteiger partial charge in [0.1, 0.15) is 6.10 Å². The highest BCUT2D eigenvalue weighted by atomic mass is 16.3. The third-order valence-electron chi connectivity index (χ3n) is 3.82. The Balaban J connectivity index is 2.05. The van der Waals surface area contributed by atoms with Crippen molar-refractivity contribution < 1.29 is 5.11 Å². The van der Waals surface area contributed by atoms with Gasteiger partial charge in [-0.2, -0.15) is 0 Å². The fourth-order valence-corrected chi connectivity index (χ4v) is 2.60. The van der Waals surface area contributed by atoms with Crippen LogP contribution >= 0.6 is 0 Å². The van der Waals surface area contributed by atoms with Crippen LogP contribution in [0.2, 0.25) is 0 Å². The first-order valence-electron chi connectivity index (χ1n) is 7.04. The molecule has 1 atom stereocenters. The van der Waals surface area contributed by atoms with E-state index in [-0.39, 0.29) is 0 Å². The fourth-order valence-electron chi connectivity index (χ4n) is 2.60. The summed E-state index contributed by atoms with van der Waals surface area (Å²) in [4.78, 5) is 0. The largest absolute Gasteiger partial charge is 0.384 e. The molecular formula is C19H18O. The van der Waals surface area contributed by atoms with E-state index in [0.717, 1.165) is 28.3 Å². The van der Waals surface area contributed by atoms with Gasteiger partial charge in [-0.25, -0.2) is 0 Å². The number of hydrogen-bond acceptors (Lipinski definition) is 1. The zero-order valence-electron chi connectivity index (χ0n) is 11.6. The number of hydrogen-bond donors (Lipinski definition) is 1. The van der Waals surface area contributed by atoms with Gasteiger partial charge >= 0.3 is 0 Å². The first-order chi connectivity index (χ1) is 9.79. The van der Waals surface area contributed by atoms with E-state index in [0.29, 0.717) is 0 Å². The van der Waals surface area contributed by atoms with Gasteiger partial charge in [-0.1, -0.05) is 73.7 Å². The van der Waals surface area contributed by atoms with E-state index >= 15 is 0 Å². The van der Waals surface area contributed by atoms with Crippen LogP contribution in [0.4, 0.5) is 0 Å². The summed E-state index contributed by atoms with van der Waals surface area (Å²) in [6, 6.07) is 22.5. The van der Waals surface area contributed by atoms with E-state index in [2.05, 4.69) is 37.3 Å². The first-order valence-corrected chi connectivity index (χ1v) is 7.04. The highest BCUT2D eigenvalue weighted by Crippen LogP contribution is 2.28. The minimum absolute atomic E-state index is 0.577. The van der Waals surface area contributed by atoms with Crippen LogP contribution in [-0.2, 0) is 6.42 Å². The number of fused-ring (bicyclic) bond motifs is 1. The topological polar surface area (TPSA) is 20.2 Å². The maximum absolute atomic E-state index is 10.7. The zero-order chi connectivity index (χ0) is 13.9. The lowest BCUT2D eigenvalue weighted by Crippen LogP contribution is -2.00. The van der Waals surface area contributed by atoms with Crippen LogP contribution in [0.5, 0.6) is 0 Å². The van der Waals surface area contributed by atoms with Gasteiger partial charge in [-0.05, 0) is 33.9 Å². The Morgan fingerprint density at radius 1 is 0.850 bits per heavy atom. The molecule has 0 fully saturated rings. The van der Waals surface area contributed by atoms with Gasteiger partial charge in [0, 0.05) is 0 Å². The van der Waals surface area contributed by atoms with Gasteiger partial charge in [0.15, 0.2) is 0 Å². The minimum atomic E-state index is -0.577. The molecule has 3 aromatic rings. The molecule has 20 heavy (non-hydrogen) atoms. The van der Waals surface area contributed by atoms with Crippen molar-refractivity contribution in [2.24, 2.45) is 0 Å².